The normalized spacial score (nSPS) is 21.8. The highest BCUT2D eigenvalue weighted by Crippen LogP contribution is 2.36. The van der Waals surface area contributed by atoms with Crippen molar-refractivity contribution in [2.75, 3.05) is 34.2 Å². The lowest BCUT2D eigenvalue weighted by Crippen LogP contribution is -2.47. The van der Waals surface area contributed by atoms with E-state index in [0.29, 0.717) is 19.4 Å². The first kappa shape index (κ1) is 16.5. The average molecular weight is 303 g/mol. The molecule has 0 aromatic heterocycles. The van der Waals surface area contributed by atoms with E-state index in [1.54, 1.807) is 16.8 Å². The van der Waals surface area contributed by atoms with Gasteiger partial charge in [0.1, 0.15) is 0 Å². The summed E-state index contributed by atoms with van der Waals surface area (Å²) in [6.07, 6.45) is 1.06. The largest absolute Gasteiger partial charge is 0.344 e. The maximum Gasteiger partial charge on any atom is 0.227 e. The molecule has 0 aliphatic carbocycles. The van der Waals surface area contributed by atoms with Crippen molar-refractivity contribution in [2.45, 2.75) is 18.9 Å². The molecule has 1 N–H and O–H groups in total. The number of rotatable bonds is 5. The fourth-order valence-electron chi connectivity index (χ4n) is 3.08. The zero-order valence-corrected chi connectivity index (χ0v) is 13.6. The van der Waals surface area contributed by atoms with E-state index in [1.807, 2.05) is 44.4 Å². The van der Waals surface area contributed by atoms with Gasteiger partial charge in [-0.15, -0.1) is 0 Å². The van der Waals surface area contributed by atoms with E-state index < -0.39 is 0 Å². The molecule has 2 unspecified atom stereocenters. The Balaban J connectivity index is 2.23. The summed E-state index contributed by atoms with van der Waals surface area (Å²) in [6, 6.07) is 9.67. The predicted molar refractivity (Wildman–Crippen MR) is 86.2 cm³/mol. The van der Waals surface area contributed by atoms with E-state index in [4.69, 9.17) is 0 Å². The van der Waals surface area contributed by atoms with Gasteiger partial charge in [-0.25, -0.2) is 0 Å². The molecule has 1 heterocycles. The van der Waals surface area contributed by atoms with Gasteiger partial charge in [0.2, 0.25) is 11.8 Å². The van der Waals surface area contributed by atoms with Crippen molar-refractivity contribution in [1.29, 1.82) is 0 Å². The van der Waals surface area contributed by atoms with Gasteiger partial charge in [-0.3, -0.25) is 9.59 Å². The van der Waals surface area contributed by atoms with Crippen molar-refractivity contribution < 1.29 is 9.59 Å². The molecule has 2 rings (SSSR count). The molecule has 5 nitrogen and oxygen atoms in total. The average Bonchev–Trinajstić information content (AvgIpc) is 2.55. The van der Waals surface area contributed by atoms with Crippen LogP contribution in [0.2, 0.25) is 0 Å². The van der Waals surface area contributed by atoms with Gasteiger partial charge in [-0.2, -0.15) is 0 Å². The Morgan fingerprint density at radius 2 is 2.05 bits per heavy atom. The molecule has 5 heteroatoms. The van der Waals surface area contributed by atoms with E-state index >= 15 is 0 Å². The highest BCUT2D eigenvalue weighted by molar-refractivity contribution is 5.84. The summed E-state index contributed by atoms with van der Waals surface area (Å²) in [5.41, 5.74) is 1.03. The summed E-state index contributed by atoms with van der Waals surface area (Å²) < 4.78 is 0. The van der Waals surface area contributed by atoms with Crippen LogP contribution in [0.1, 0.15) is 24.4 Å². The first-order chi connectivity index (χ1) is 10.6. The van der Waals surface area contributed by atoms with Crippen molar-refractivity contribution in [3.8, 4) is 0 Å². The van der Waals surface area contributed by atoms with E-state index in [-0.39, 0.29) is 23.8 Å². The van der Waals surface area contributed by atoms with Gasteiger partial charge in [-0.1, -0.05) is 30.3 Å². The number of likely N-dealkylation sites (N-methyl/N-ethyl adjacent to an activating group) is 2. The summed E-state index contributed by atoms with van der Waals surface area (Å²) in [4.78, 5) is 28.4. The number of hydrogen-bond donors (Lipinski definition) is 1. The Labute approximate surface area is 132 Å². The standard InChI is InChI=1S/C17H25N3O2/c1-18-11-12-19(2)17(22)14-9-10-15(21)20(3)16(14)13-7-5-4-6-8-13/h4-8,14,16,18H,9-12H2,1-3H3. The number of nitrogens with zero attached hydrogens (tertiary/aromatic N) is 2. The van der Waals surface area contributed by atoms with Gasteiger partial charge >= 0.3 is 0 Å². The lowest BCUT2D eigenvalue weighted by molar-refractivity contribution is -0.145. The zero-order valence-electron chi connectivity index (χ0n) is 13.6. The molecule has 1 aliphatic rings. The molecule has 2 atom stereocenters. The van der Waals surface area contributed by atoms with E-state index in [2.05, 4.69) is 5.32 Å². The van der Waals surface area contributed by atoms with Crippen LogP contribution in [-0.2, 0) is 9.59 Å². The van der Waals surface area contributed by atoms with Gasteiger partial charge in [0, 0.05) is 33.6 Å². The quantitative estimate of drug-likeness (QED) is 0.891. The van der Waals surface area contributed by atoms with Crippen LogP contribution in [-0.4, -0.2) is 55.8 Å². The summed E-state index contributed by atoms with van der Waals surface area (Å²) in [7, 11) is 5.50. The van der Waals surface area contributed by atoms with Crippen LogP contribution in [0.4, 0.5) is 0 Å². The van der Waals surface area contributed by atoms with E-state index in [1.165, 1.54) is 0 Å². The van der Waals surface area contributed by atoms with Crippen LogP contribution < -0.4 is 5.32 Å². The zero-order chi connectivity index (χ0) is 16.1. The third-order valence-corrected chi connectivity index (χ3v) is 4.39. The number of nitrogens with one attached hydrogen (secondary N) is 1. The highest BCUT2D eigenvalue weighted by Gasteiger charge is 2.39. The van der Waals surface area contributed by atoms with Crippen molar-refractivity contribution in [3.63, 3.8) is 0 Å². The second-order valence-electron chi connectivity index (χ2n) is 5.87. The Bertz CT molecular complexity index is 518. The van der Waals surface area contributed by atoms with Crippen LogP contribution in [0, 0.1) is 5.92 Å². The van der Waals surface area contributed by atoms with Crippen LogP contribution in [0.15, 0.2) is 30.3 Å². The van der Waals surface area contributed by atoms with Crippen LogP contribution in [0.3, 0.4) is 0 Å². The number of likely N-dealkylation sites (tertiary alicyclic amines) is 1. The number of hydrogen-bond acceptors (Lipinski definition) is 3. The van der Waals surface area contributed by atoms with Crippen molar-refractivity contribution in [2.24, 2.45) is 5.92 Å². The summed E-state index contributed by atoms with van der Waals surface area (Å²) in [6.45, 7) is 1.44. The third kappa shape index (κ3) is 3.47. The van der Waals surface area contributed by atoms with Gasteiger partial charge in [0.25, 0.3) is 0 Å². The van der Waals surface area contributed by atoms with Gasteiger partial charge < -0.3 is 15.1 Å². The minimum absolute atomic E-state index is 0.107. The van der Waals surface area contributed by atoms with Crippen LogP contribution in [0.25, 0.3) is 0 Å². The van der Waals surface area contributed by atoms with Gasteiger partial charge in [-0.05, 0) is 19.0 Å². The second kappa shape index (κ2) is 7.40. The maximum absolute atomic E-state index is 12.8. The molecule has 1 aromatic carbocycles. The maximum atomic E-state index is 12.8. The summed E-state index contributed by atoms with van der Waals surface area (Å²) in [5.74, 6) is 0.0474. The smallest absolute Gasteiger partial charge is 0.227 e. The van der Waals surface area contributed by atoms with E-state index in [0.717, 1.165) is 12.1 Å². The Hall–Kier alpha value is -1.88. The summed E-state index contributed by atoms with van der Waals surface area (Å²) in [5, 5.41) is 3.06. The molecule has 1 fully saturated rings. The molecule has 1 saturated heterocycles. The minimum Gasteiger partial charge on any atom is -0.344 e. The third-order valence-electron chi connectivity index (χ3n) is 4.39. The lowest BCUT2D eigenvalue weighted by atomic mass is 9.83. The van der Waals surface area contributed by atoms with Crippen LogP contribution >= 0.6 is 0 Å². The molecule has 0 spiro atoms. The topological polar surface area (TPSA) is 52.7 Å². The number of benzene rings is 1. The molecule has 0 saturated carbocycles. The predicted octanol–water partition coefficient (Wildman–Crippen LogP) is 1.27. The Morgan fingerprint density at radius 1 is 1.36 bits per heavy atom. The number of amides is 2. The fraction of sp³-hybridized carbons (Fsp3) is 0.529. The molecule has 120 valence electrons. The first-order valence-electron chi connectivity index (χ1n) is 7.76. The first-order valence-corrected chi connectivity index (χ1v) is 7.76. The monoisotopic (exact) mass is 303 g/mol. The van der Waals surface area contributed by atoms with Crippen LogP contribution in [0.5, 0.6) is 0 Å². The molecule has 22 heavy (non-hydrogen) atoms. The Kier molecular flexibility index (Phi) is 5.55. The van der Waals surface area contributed by atoms with Gasteiger partial charge in [0.05, 0.1) is 12.0 Å². The second-order valence-corrected chi connectivity index (χ2v) is 5.87. The van der Waals surface area contributed by atoms with Crippen molar-refractivity contribution in [3.05, 3.63) is 35.9 Å². The molecule has 0 radical (unpaired) electrons. The molecule has 2 amide bonds. The van der Waals surface area contributed by atoms with Crippen molar-refractivity contribution in [1.82, 2.24) is 15.1 Å². The molecule has 1 aromatic rings. The van der Waals surface area contributed by atoms with E-state index in [9.17, 15) is 9.59 Å². The fourth-order valence-corrected chi connectivity index (χ4v) is 3.08. The lowest BCUT2D eigenvalue weighted by Gasteiger charge is -2.40. The molecular weight excluding hydrogens is 278 g/mol. The van der Waals surface area contributed by atoms with Crippen molar-refractivity contribution >= 4 is 11.8 Å². The summed E-state index contributed by atoms with van der Waals surface area (Å²) >= 11 is 0. The number of carbonyl (C=O) groups is 2. The van der Waals surface area contributed by atoms with Gasteiger partial charge in [0.15, 0.2) is 0 Å². The molecular formula is C17H25N3O2. The number of piperidine rings is 1. The molecule has 1 aliphatic heterocycles. The SMILES string of the molecule is CNCCN(C)C(=O)C1CCC(=O)N(C)C1c1ccccc1. The Morgan fingerprint density at radius 3 is 2.68 bits per heavy atom. The minimum atomic E-state index is -0.174. The molecule has 0 bridgehead atoms. The number of carbonyl (C=O) groups excluding carboxylic acids is 2. The highest BCUT2D eigenvalue weighted by atomic mass is 16.2.